The fraction of sp³-hybridized carbons (Fsp3) is 0.0400. The van der Waals surface area contributed by atoms with Gasteiger partial charge in [0.15, 0.2) is 17.3 Å². The summed E-state index contributed by atoms with van der Waals surface area (Å²) in [4.78, 5) is 38.4. The van der Waals surface area contributed by atoms with Crippen LogP contribution >= 0.6 is 11.6 Å². The van der Waals surface area contributed by atoms with Gasteiger partial charge in [-0.25, -0.2) is 4.39 Å². The van der Waals surface area contributed by atoms with Crippen molar-refractivity contribution in [1.29, 1.82) is 0 Å². The van der Waals surface area contributed by atoms with Gasteiger partial charge in [-0.3, -0.25) is 24.6 Å². The number of aromatic hydroxyl groups is 1. The van der Waals surface area contributed by atoms with E-state index in [2.05, 4.69) is 0 Å². The molecule has 0 aliphatic carbocycles. The summed E-state index contributed by atoms with van der Waals surface area (Å²) in [6.45, 7) is 0. The minimum Gasteiger partial charge on any atom is -0.503 e. The van der Waals surface area contributed by atoms with Gasteiger partial charge in [0.25, 0.3) is 5.91 Å². The van der Waals surface area contributed by atoms with Crippen molar-refractivity contribution < 1.29 is 33.5 Å². The second kappa shape index (κ2) is 8.51. The van der Waals surface area contributed by atoms with Crippen LogP contribution < -0.4 is 4.90 Å². The third-order valence-corrected chi connectivity index (χ3v) is 6.01. The zero-order valence-corrected chi connectivity index (χ0v) is 18.8. The first-order chi connectivity index (χ1) is 17.2. The topological polar surface area (TPSA) is 134 Å². The molecule has 1 aliphatic heterocycles. The van der Waals surface area contributed by atoms with Crippen LogP contribution in [0.3, 0.4) is 0 Å². The van der Waals surface area contributed by atoms with Crippen LogP contribution in [0.1, 0.15) is 22.2 Å². The summed E-state index contributed by atoms with van der Waals surface area (Å²) in [5, 5.41) is 33.1. The Bertz CT molecular complexity index is 1610. The minimum absolute atomic E-state index is 0.0451. The Morgan fingerprint density at radius 3 is 2.47 bits per heavy atom. The maximum atomic E-state index is 13.6. The molecule has 1 aliphatic rings. The van der Waals surface area contributed by atoms with Gasteiger partial charge in [-0.15, -0.1) is 0 Å². The van der Waals surface area contributed by atoms with Gasteiger partial charge in [-0.1, -0.05) is 17.7 Å². The summed E-state index contributed by atoms with van der Waals surface area (Å²) in [7, 11) is 0. The smallest absolute Gasteiger partial charge is 0.311 e. The van der Waals surface area contributed by atoms with E-state index in [0.717, 1.165) is 29.2 Å². The molecular weight excluding hydrogens is 495 g/mol. The molecule has 180 valence electrons. The van der Waals surface area contributed by atoms with Gasteiger partial charge in [-0.05, 0) is 60.2 Å². The van der Waals surface area contributed by atoms with E-state index in [0.29, 0.717) is 16.0 Å². The van der Waals surface area contributed by atoms with Crippen molar-refractivity contribution in [2.75, 3.05) is 4.90 Å². The molecule has 2 heterocycles. The number of hydrogen-bond acceptors (Lipinski definition) is 7. The molecule has 0 bridgehead atoms. The fourth-order valence-corrected chi connectivity index (χ4v) is 4.32. The molecule has 3 aromatic carbocycles. The Hall–Kier alpha value is -4.70. The van der Waals surface area contributed by atoms with Crippen molar-refractivity contribution in [3.63, 3.8) is 0 Å². The van der Waals surface area contributed by atoms with Crippen molar-refractivity contribution in [2.45, 2.75) is 6.04 Å². The molecule has 5 rings (SSSR count). The van der Waals surface area contributed by atoms with Crippen LogP contribution in [-0.4, -0.2) is 26.8 Å². The van der Waals surface area contributed by atoms with Crippen LogP contribution in [-0.2, 0) is 4.79 Å². The van der Waals surface area contributed by atoms with Crippen LogP contribution in [0, 0.1) is 15.9 Å². The van der Waals surface area contributed by atoms with Gasteiger partial charge >= 0.3 is 5.69 Å². The van der Waals surface area contributed by atoms with E-state index in [9.17, 15) is 34.3 Å². The van der Waals surface area contributed by atoms with E-state index < -0.39 is 51.2 Å². The molecule has 1 unspecified atom stereocenters. The summed E-state index contributed by atoms with van der Waals surface area (Å²) in [6, 6.07) is 12.7. The molecule has 0 fully saturated rings. The number of furan rings is 1. The summed E-state index contributed by atoms with van der Waals surface area (Å²) in [6.07, 6.45) is 0. The van der Waals surface area contributed by atoms with E-state index in [1.165, 1.54) is 24.3 Å². The first-order valence-electron chi connectivity index (χ1n) is 10.4. The second-order valence-corrected chi connectivity index (χ2v) is 8.38. The maximum absolute atomic E-state index is 13.6. The lowest BCUT2D eigenvalue weighted by Gasteiger charge is -2.26. The summed E-state index contributed by atoms with van der Waals surface area (Å²) in [5.74, 6) is -4.15. The average Bonchev–Trinajstić information content (AvgIpc) is 3.38. The first kappa shape index (κ1) is 23.1. The molecule has 36 heavy (non-hydrogen) atoms. The molecule has 2 N–H and O–H groups in total. The standard InChI is InChI=1S/C25H14ClFN2O7/c26-14-2-8-19-13(9-14)11-20(36-19)23(31)21-22(12-1-7-18(30)17(10-12)29(34)35)28(25(33)24(21)32)16-5-3-15(27)4-6-16/h1-11,22,30,32H. The lowest BCUT2D eigenvalue weighted by atomic mass is 9.94. The van der Waals surface area contributed by atoms with Crippen LogP contribution in [0.15, 0.2) is 82.5 Å². The number of benzene rings is 3. The fourth-order valence-electron chi connectivity index (χ4n) is 4.14. The molecule has 0 radical (unpaired) electrons. The van der Waals surface area contributed by atoms with E-state index in [-0.39, 0.29) is 17.0 Å². The molecule has 1 amide bonds. The monoisotopic (exact) mass is 508 g/mol. The normalized spacial score (nSPS) is 15.7. The molecule has 1 atom stereocenters. The molecule has 0 saturated heterocycles. The maximum Gasteiger partial charge on any atom is 0.311 e. The highest BCUT2D eigenvalue weighted by atomic mass is 35.5. The lowest BCUT2D eigenvalue weighted by molar-refractivity contribution is -0.385. The van der Waals surface area contributed by atoms with Crippen molar-refractivity contribution in [3.05, 3.63) is 110 Å². The predicted molar refractivity (Wildman–Crippen MR) is 127 cm³/mol. The van der Waals surface area contributed by atoms with Crippen molar-refractivity contribution in [3.8, 4) is 5.75 Å². The predicted octanol–water partition coefficient (Wildman–Crippen LogP) is 5.62. The van der Waals surface area contributed by atoms with E-state index in [1.807, 2.05) is 0 Å². The van der Waals surface area contributed by atoms with Gasteiger partial charge in [0.05, 0.1) is 16.5 Å². The van der Waals surface area contributed by atoms with Crippen molar-refractivity contribution >= 4 is 45.6 Å². The van der Waals surface area contributed by atoms with E-state index in [4.69, 9.17) is 16.0 Å². The Morgan fingerprint density at radius 1 is 1.06 bits per heavy atom. The number of nitrogens with zero attached hydrogens (tertiary/aromatic N) is 2. The van der Waals surface area contributed by atoms with Gasteiger partial charge in [0, 0.05) is 22.2 Å². The Balaban J connectivity index is 1.69. The number of carbonyl (C=O) groups excluding carboxylic acids is 2. The first-order valence-corrected chi connectivity index (χ1v) is 10.8. The Kier molecular flexibility index (Phi) is 5.45. The SMILES string of the molecule is O=C(C1=C(O)C(=O)N(c2ccc(F)cc2)C1c1ccc(O)c([N+](=O)[O-])c1)c1cc2cc(Cl)ccc2o1. The second-order valence-electron chi connectivity index (χ2n) is 7.94. The highest BCUT2D eigenvalue weighted by Gasteiger charge is 2.46. The number of fused-ring (bicyclic) bond motifs is 1. The molecule has 0 spiro atoms. The zero-order chi connectivity index (χ0) is 25.7. The number of aliphatic hydroxyl groups is 1. The molecule has 9 nitrogen and oxygen atoms in total. The van der Waals surface area contributed by atoms with Crippen LogP contribution in [0.4, 0.5) is 15.8 Å². The largest absolute Gasteiger partial charge is 0.503 e. The number of ketones is 1. The van der Waals surface area contributed by atoms with Gasteiger partial charge < -0.3 is 14.6 Å². The third kappa shape index (κ3) is 3.73. The van der Waals surface area contributed by atoms with E-state index >= 15 is 0 Å². The number of rotatable bonds is 5. The molecule has 0 saturated carbocycles. The van der Waals surface area contributed by atoms with Crippen LogP contribution in [0.5, 0.6) is 5.75 Å². The van der Waals surface area contributed by atoms with Gasteiger partial charge in [-0.2, -0.15) is 0 Å². The Morgan fingerprint density at radius 2 is 1.78 bits per heavy atom. The number of amides is 1. The molecular formula is C25H14ClFN2O7. The van der Waals surface area contributed by atoms with Crippen molar-refractivity contribution in [1.82, 2.24) is 0 Å². The number of carbonyl (C=O) groups is 2. The molecule has 11 heteroatoms. The van der Waals surface area contributed by atoms with Gasteiger partial charge in [0.1, 0.15) is 11.4 Å². The zero-order valence-electron chi connectivity index (χ0n) is 18.0. The quantitative estimate of drug-likeness (QED) is 0.203. The number of hydrogen-bond donors (Lipinski definition) is 2. The molecule has 4 aromatic rings. The number of phenolic OH excluding ortho intramolecular Hbond substituents is 1. The number of aliphatic hydroxyl groups excluding tert-OH is 1. The number of nitro groups is 1. The van der Waals surface area contributed by atoms with Crippen LogP contribution in [0.25, 0.3) is 11.0 Å². The van der Waals surface area contributed by atoms with E-state index in [1.54, 1.807) is 18.2 Å². The summed E-state index contributed by atoms with van der Waals surface area (Å²) < 4.78 is 19.2. The highest BCUT2D eigenvalue weighted by Crippen LogP contribution is 2.44. The summed E-state index contributed by atoms with van der Waals surface area (Å²) in [5.41, 5.74) is -0.582. The number of nitro benzene ring substituents is 1. The molecule has 1 aromatic heterocycles. The Labute approximate surface area is 206 Å². The number of phenols is 1. The van der Waals surface area contributed by atoms with Gasteiger partial charge in [0.2, 0.25) is 5.78 Å². The van der Waals surface area contributed by atoms with Crippen molar-refractivity contribution in [2.24, 2.45) is 0 Å². The third-order valence-electron chi connectivity index (χ3n) is 5.77. The lowest BCUT2D eigenvalue weighted by Crippen LogP contribution is -2.31. The van der Waals surface area contributed by atoms with Crippen LogP contribution in [0.2, 0.25) is 5.02 Å². The minimum atomic E-state index is -1.36. The average molecular weight is 509 g/mol. The number of halogens is 2. The number of Topliss-reactive ketones (excluding diaryl/α,β-unsaturated/α-hetero) is 1. The number of anilines is 1. The highest BCUT2D eigenvalue weighted by molar-refractivity contribution is 6.31. The summed E-state index contributed by atoms with van der Waals surface area (Å²) >= 11 is 6.00.